The number of amides is 1. The van der Waals surface area contributed by atoms with Gasteiger partial charge in [0.25, 0.3) is 5.91 Å². The van der Waals surface area contributed by atoms with Crippen molar-refractivity contribution in [3.8, 4) is 0 Å². The van der Waals surface area contributed by atoms with Crippen LogP contribution in [0.15, 0.2) is 72.8 Å². The van der Waals surface area contributed by atoms with E-state index in [9.17, 15) is 13.2 Å². The highest BCUT2D eigenvalue weighted by Gasteiger charge is 2.19. The third-order valence-corrected chi connectivity index (χ3v) is 6.05. The van der Waals surface area contributed by atoms with Crippen LogP contribution in [-0.2, 0) is 16.6 Å². The van der Waals surface area contributed by atoms with Crippen molar-refractivity contribution in [3.05, 3.63) is 94.0 Å². The molecule has 3 rings (SSSR count). The number of benzene rings is 3. The molecule has 0 aliphatic rings. The molecule has 1 N–H and O–H groups in total. The smallest absolute Gasteiger partial charge is 0.255 e. The molecule has 1 amide bonds. The molecular weight excluding hydrogens is 431 g/mol. The number of anilines is 2. The Labute approximate surface area is 179 Å². The van der Waals surface area contributed by atoms with Crippen molar-refractivity contribution in [1.29, 1.82) is 0 Å². The van der Waals surface area contributed by atoms with E-state index in [1.54, 1.807) is 72.8 Å². The fourth-order valence-corrected chi connectivity index (χ4v) is 3.97. The molecule has 3 aromatic rings. The molecule has 0 fully saturated rings. The lowest BCUT2D eigenvalue weighted by Gasteiger charge is -2.23. The van der Waals surface area contributed by atoms with Crippen LogP contribution in [-0.4, -0.2) is 20.6 Å². The summed E-state index contributed by atoms with van der Waals surface area (Å²) in [6, 6.07) is 20.3. The van der Waals surface area contributed by atoms with Crippen molar-refractivity contribution in [3.63, 3.8) is 0 Å². The van der Waals surface area contributed by atoms with Gasteiger partial charge in [-0.15, -0.1) is 0 Å². The number of para-hydroxylation sites is 1. The molecule has 0 aliphatic carbocycles. The molecule has 0 unspecified atom stereocenters. The first-order valence-corrected chi connectivity index (χ1v) is 11.2. The van der Waals surface area contributed by atoms with Crippen LogP contribution in [0.1, 0.15) is 15.9 Å². The SMILES string of the molecule is CS(=O)(=O)N(Cc1ccccc1Cl)c1ccc(C(=O)Nc2ccccc2Cl)cc1. The third-order valence-electron chi connectivity index (χ3n) is 4.21. The van der Waals surface area contributed by atoms with E-state index in [-0.39, 0.29) is 12.5 Å². The second-order valence-electron chi connectivity index (χ2n) is 6.34. The molecule has 0 aliphatic heterocycles. The highest BCUT2D eigenvalue weighted by Crippen LogP contribution is 2.25. The van der Waals surface area contributed by atoms with E-state index in [4.69, 9.17) is 23.2 Å². The average molecular weight is 449 g/mol. The summed E-state index contributed by atoms with van der Waals surface area (Å²) in [6.45, 7) is 0.0870. The number of carbonyl (C=O) groups is 1. The minimum Gasteiger partial charge on any atom is -0.321 e. The molecular formula is C21H18Cl2N2O3S. The average Bonchev–Trinajstić information content (AvgIpc) is 2.68. The summed E-state index contributed by atoms with van der Waals surface area (Å²) >= 11 is 12.2. The van der Waals surface area contributed by atoms with E-state index in [1.807, 2.05) is 0 Å². The zero-order chi connectivity index (χ0) is 21.0. The second-order valence-corrected chi connectivity index (χ2v) is 9.06. The van der Waals surface area contributed by atoms with Gasteiger partial charge in [-0.05, 0) is 48.0 Å². The molecule has 0 atom stereocenters. The Morgan fingerprint density at radius 3 is 2.07 bits per heavy atom. The topological polar surface area (TPSA) is 66.5 Å². The largest absolute Gasteiger partial charge is 0.321 e. The molecule has 29 heavy (non-hydrogen) atoms. The Hall–Kier alpha value is -2.54. The highest BCUT2D eigenvalue weighted by molar-refractivity contribution is 7.92. The molecule has 0 radical (unpaired) electrons. The lowest BCUT2D eigenvalue weighted by Crippen LogP contribution is -2.29. The summed E-state index contributed by atoms with van der Waals surface area (Å²) in [5, 5.41) is 3.65. The molecule has 0 aromatic heterocycles. The quantitative estimate of drug-likeness (QED) is 0.562. The number of hydrogen-bond acceptors (Lipinski definition) is 3. The molecule has 150 valence electrons. The van der Waals surface area contributed by atoms with E-state index in [0.717, 1.165) is 6.26 Å². The fraction of sp³-hybridized carbons (Fsp3) is 0.0952. The van der Waals surface area contributed by atoms with Gasteiger partial charge in [0.15, 0.2) is 0 Å². The Morgan fingerprint density at radius 2 is 1.48 bits per heavy atom. The lowest BCUT2D eigenvalue weighted by molar-refractivity contribution is 0.102. The number of nitrogens with one attached hydrogen (secondary N) is 1. The van der Waals surface area contributed by atoms with Crippen LogP contribution in [0.25, 0.3) is 0 Å². The molecule has 5 nitrogen and oxygen atoms in total. The van der Waals surface area contributed by atoms with Crippen LogP contribution in [0.4, 0.5) is 11.4 Å². The van der Waals surface area contributed by atoms with Crippen LogP contribution in [0.3, 0.4) is 0 Å². The number of hydrogen-bond donors (Lipinski definition) is 1. The van der Waals surface area contributed by atoms with Crippen LogP contribution in [0.2, 0.25) is 10.0 Å². The predicted molar refractivity (Wildman–Crippen MR) is 118 cm³/mol. The molecule has 8 heteroatoms. The maximum atomic E-state index is 12.5. The minimum atomic E-state index is -3.56. The Bertz CT molecular complexity index is 1130. The van der Waals surface area contributed by atoms with Gasteiger partial charge in [-0.2, -0.15) is 0 Å². The van der Waals surface area contributed by atoms with E-state index < -0.39 is 10.0 Å². The number of sulfonamides is 1. The van der Waals surface area contributed by atoms with Gasteiger partial charge in [0.05, 0.1) is 29.2 Å². The summed E-state index contributed by atoms with van der Waals surface area (Å²) in [5.41, 5.74) is 1.99. The molecule has 0 saturated heterocycles. The monoisotopic (exact) mass is 448 g/mol. The number of nitrogens with zero attached hydrogens (tertiary/aromatic N) is 1. The van der Waals surface area contributed by atoms with Gasteiger partial charge in [0.2, 0.25) is 10.0 Å². The van der Waals surface area contributed by atoms with Crippen molar-refractivity contribution >= 4 is 50.5 Å². The summed E-state index contributed by atoms with van der Waals surface area (Å²) < 4.78 is 25.9. The summed E-state index contributed by atoms with van der Waals surface area (Å²) in [7, 11) is -3.56. The standard InChI is InChI=1S/C21H18Cl2N2O3S/c1-29(27,28)25(14-16-6-2-3-7-18(16)22)17-12-10-15(11-13-17)21(26)24-20-9-5-4-8-19(20)23/h2-13H,14H2,1H3,(H,24,26). The van der Waals surface area contributed by atoms with Gasteiger partial charge >= 0.3 is 0 Å². The zero-order valence-corrected chi connectivity index (χ0v) is 17.8. The Kier molecular flexibility index (Phi) is 6.47. The summed E-state index contributed by atoms with van der Waals surface area (Å²) in [4.78, 5) is 12.5. The molecule has 0 heterocycles. The van der Waals surface area contributed by atoms with Crippen LogP contribution >= 0.6 is 23.2 Å². The van der Waals surface area contributed by atoms with Crippen molar-refractivity contribution in [2.24, 2.45) is 0 Å². The van der Waals surface area contributed by atoms with E-state index in [1.165, 1.54) is 4.31 Å². The number of carbonyl (C=O) groups excluding carboxylic acids is 1. The van der Waals surface area contributed by atoms with Crippen LogP contribution in [0, 0.1) is 0 Å². The van der Waals surface area contributed by atoms with Gasteiger partial charge in [0, 0.05) is 10.6 Å². The highest BCUT2D eigenvalue weighted by atomic mass is 35.5. The Balaban J connectivity index is 1.83. The summed E-state index contributed by atoms with van der Waals surface area (Å²) in [5.74, 6) is -0.346. The summed E-state index contributed by atoms with van der Waals surface area (Å²) in [6.07, 6.45) is 1.13. The zero-order valence-electron chi connectivity index (χ0n) is 15.5. The third kappa shape index (κ3) is 5.29. The lowest BCUT2D eigenvalue weighted by atomic mass is 10.1. The first kappa shape index (κ1) is 21.2. The van der Waals surface area contributed by atoms with Crippen molar-refractivity contribution in [2.75, 3.05) is 15.9 Å². The molecule has 0 spiro atoms. The fourth-order valence-electron chi connectivity index (χ4n) is 2.72. The van der Waals surface area contributed by atoms with E-state index in [0.29, 0.717) is 32.5 Å². The van der Waals surface area contributed by atoms with Gasteiger partial charge in [-0.25, -0.2) is 8.42 Å². The normalized spacial score (nSPS) is 11.1. The van der Waals surface area contributed by atoms with Crippen molar-refractivity contribution < 1.29 is 13.2 Å². The van der Waals surface area contributed by atoms with E-state index in [2.05, 4.69) is 5.32 Å². The second kappa shape index (κ2) is 8.86. The Morgan fingerprint density at radius 1 is 0.897 bits per heavy atom. The minimum absolute atomic E-state index is 0.0870. The van der Waals surface area contributed by atoms with Crippen molar-refractivity contribution in [2.45, 2.75) is 6.54 Å². The number of halogens is 2. The van der Waals surface area contributed by atoms with E-state index >= 15 is 0 Å². The first-order chi connectivity index (χ1) is 13.8. The van der Waals surface area contributed by atoms with Gasteiger partial charge in [0.1, 0.15) is 0 Å². The van der Waals surface area contributed by atoms with Gasteiger partial charge in [-0.3, -0.25) is 9.10 Å². The molecule has 3 aromatic carbocycles. The van der Waals surface area contributed by atoms with Gasteiger partial charge in [-0.1, -0.05) is 53.5 Å². The van der Waals surface area contributed by atoms with Crippen LogP contribution < -0.4 is 9.62 Å². The van der Waals surface area contributed by atoms with Gasteiger partial charge < -0.3 is 5.32 Å². The first-order valence-electron chi connectivity index (χ1n) is 8.63. The number of rotatable bonds is 6. The maximum absolute atomic E-state index is 12.5. The van der Waals surface area contributed by atoms with Crippen molar-refractivity contribution in [1.82, 2.24) is 0 Å². The molecule has 0 bridgehead atoms. The predicted octanol–water partition coefficient (Wildman–Crippen LogP) is 5.21. The van der Waals surface area contributed by atoms with Crippen LogP contribution in [0.5, 0.6) is 0 Å². The molecule has 0 saturated carbocycles. The maximum Gasteiger partial charge on any atom is 0.255 e.